The first-order valence-electron chi connectivity index (χ1n) is 6.37. The van der Waals surface area contributed by atoms with Crippen LogP contribution >= 0.6 is 0 Å². The molecule has 0 saturated heterocycles. The zero-order valence-electron chi connectivity index (χ0n) is 11.4. The van der Waals surface area contributed by atoms with Gasteiger partial charge >= 0.3 is 12.0 Å². The fourth-order valence-corrected chi connectivity index (χ4v) is 1.78. The minimum atomic E-state index is -1.06. The average molecular weight is 274 g/mol. The molecule has 1 aromatic rings. The van der Waals surface area contributed by atoms with Gasteiger partial charge in [0.2, 0.25) is 0 Å². The van der Waals surface area contributed by atoms with Crippen molar-refractivity contribution in [1.29, 1.82) is 0 Å². The number of carbonyl (C=O) groups excluding carboxylic acids is 1. The number of terminal acetylenes is 1. The van der Waals surface area contributed by atoms with Crippen LogP contribution in [0.5, 0.6) is 0 Å². The number of urea groups is 1. The van der Waals surface area contributed by atoms with Gasteiger partial charge in [0.15, 0.2) is 0 Å². The molecule has 5 nitrogen and oxygen atoms in total. The Labute approximate surface area is 118 Å². The zero-order chi connectivity index (χ0) is 15.0. The molecular formula is C15H18N2O3. The van der Waals surface area contributed by atoms with Gasteiger partial charge < -0.3 is 15.7 Å². The van der Waals surface area contributed by atoms with Crippen molar-refractivity contribution in [3.63, 3.8) is 0 Å². The van der Waals surface area contributed by atoms with Gasteiger partial charge in [-0.15, -0.1) is 12.3 Å². The van der Waals surface area contributed by atoms with E-state index in [1.807, 2.05) is 0 Å². The third-order valence-corrected chi connectivity index (χ3v) is 2.77. The molecule has 0 spiro atoms. The monoisotopic (exact) mass is 274 g/mol. The Bertz CT molecular complexity index is 532. The number of rotatable bonds is 6. The molecule has 0 aromatic heterocycles. The first-order valence-corrected chi connectivity index (χ1v) is 6.37. The minimum Gasteiger partial charge on any atom is -0.478 e. The number of anilines is 1. The number of hydrogen-bond acceptors (Lipinski definition) is 2. The summed E-state index contributed by atoms with van der Waals surface area (Å²) in [5, 5.41) is 14.4. The fraction of sp³-hybridized carbons (Fsp3) is 0.333. The Kier molecular flexibility index (Phi) is 6.11. The molecule has 2 amide bonds. The molecular weight excluding hydrogens is 256 g/mol. The van der Waals surface area contributed by atoms with Gasteiger partial charge in [-0.1, -0.05) is 12.1 Å². The highest BCUT2D eigenvalue weighted by Gasteiger charge is 2.14. The van der Waals surface area contributed by atoms with Crippen LogP contribution in [0.3, 0.4) is 0 Å². The van der Waals surface area contributed by atoms with Gasteiger partial charge in [0.1, 0.15) is 0 Å². The smallest absolute Gasteiger partial charge is 0.338 e. The van der Waals surface area contributed by atoms with Gasteiger partial charge in [0, 0.05) is 13.0 Å². The van der Waals surface area contributed by atoms with E-state index < -0.39 is 12.0 Å². The molecule has 0 bridgehead atoms. The molecule has 3 N–H and O–H groups in total. The van der Waals surface area contributed by atoms with Crippen LogP contribution in [0.1, 0.15) is 35.2 Å². The lowest BCUT2D eigenvalue weighted by atomic mass is 10.1. The van der Waals surface area contributed by atoms with Crippen LogP contribution in [0.25, 0.3) is 0 Å². The number of carboxylic acids is 1. The number of amides is 2. The van der Waals surface area contributed by atoms with E-state index in [-0.39, 0.29) is 5.56 Å². The summed E-state index contributed by atoms with van der Waals surface area (Å²) in [6.45, 7) is 2.19. The van der Waals surface area contributed by atoms with Crippen LogP contribution in [0.15, 0.2) is 18.2 Å². The molecule has 0 fully saturated rings. The number of nitrogens with one attached hydrogen (secondary N) is 2. The van der Waals surface area contributed by atoms with E-state index in [0.717, 1.165) is 12.8 Å². The molecule has 0 heterocycles. The number of carboxylic acid groups (broad SMARTS) is 1. The Hall–Kier alpha value is -2.48. The van der Waals surface area contributed by atoms with Gasteiger partial charge in [0.05, 0.1) is 11.3 Å². The third-order valence-electron chi connectivity index (χ3n) is 2.77. The predicted molar refractivity (Wildman–Crippen MR) is 77.8 cm³/mol. The van der Waals surface area contributed by atoms with E-state index in [0.29, 0.717) is 24.2 Å². The van der Waals surface area contributed by atoms with Crippen molar-refractivity contribution in [3.05, 3.63) is 29.3 Å². The standard InChI is InChI=1S/C15H18N2O3/c1-3-4-5-6-10-16-15(20)17-12-9-7-8-11(2)13(12)14(18)19/h1,7-9H,4-6,10H2,2H3,(H,18,19)(H2,16,17,20). The van der Waals surface area contributed by atoms with Gasteiger partial charge in [-0.25, -0.2) is 9.59 Å². The van der Waals surface area contributed by atoms with E-state index in [9.17, 15) is 9.59 Å². The zero-order valence-corrected chi connectivity index (χ0v) is 11.4. The highest BCUT2D eigenvalue weighted by Crippen LogP contribution is 2.19. The van der Waals surface area contributed by atoms with Crippen LogP contribution in [-0.4, -0.2) is 23.7 Å². The molecule has 0 aliphatic heterocycles. The van der Waals surface area contributed by atoms with Gasteiger partial charge in [-0.2, -0.15) is 0 Å². The summed E-state index contributed by atoms with van der Waals surface area (Å²) in [6.07, 6.45) is 7.45. The maximum atomic E-state index is 11.7. The molecule has 0 radical (unpaired) electrons. The maximum absolute atomic E-state index is 11.7. The van der Waals surface area contributed by atoms with E-state index in [1.165, 1.54) is 0 Å². The van der Waals surface area contributed by atoms with Crippen LogP contribution in [0.2, 0.25) is 0 Å². The summed E-state index contributed by atoms with van der Waals surface area (Å²) < 4.78 is 0. The van der Waals surface area contributed by atoms with Crippen molar-refractivity contribution in [1.82, 2.24) is 5.32 Å². The van der Waals surface area contributed by atoms with Crippen LogP contribution in [-0.2, 0) is 0 Å². The molecule has 106 valence electrons. The topological polar surface area (TPSA) is 78.4 Å². The number of hydrogen-bond donors (Lipinski definition) is 3. The summed E-state index contributed by atoms with van der Waals surface area (Å²) in [6, 6.07) is 4.53. The molecule has 0 atom stereocenters. The molecule has 1 aromatic carbocycles. The molecule has 5 heteroatoms. The molecule has 0 aliphatic carbocycles. The molecule has 0 aliphatic rings. The number of aromatic carboxylic acids is 1. The van der Waals surface area contributed by atoms with Crippen LogP contribution < -0.4 is 10.6 Å². The minimum absolute atomic E-state index is 0.106. The Morgan fingerprint density at radius 1 is 1.35 bits per heavy atom. The summed E-state index contributed by atoms with van der Waals surface area (Å²) in [4.78, 5) is 22.8. The van der Waals surface area contributed by atoms with Gasteiger partial charge in [-0.05, 0) is 31.4 Å². The summed E-state index contributed by atoms with van der Waals surface area (Å²) in [7, 11) is 0. The summed E-state index contributed by atoms with van der Waals surface area (Å²) >= 11 is 0. The van der Waals surface area contributed by atoms with Gasteiger partial charge in [-0.3, -0.25) is 0 Å². The lowest BCUT2D eigenvalue weighted by molar-refractivity contribution is 0.0697. The predicted octanol–water partition coefficient (Wildman–Crippen LogP) is 2.62. The van der Waals surface area contributed by atoms with Crippen molar-refractivity contribution >= 4 is 17.7 Å². The van der Waals surface area contributed by atoms with Crippen LogP contribution in [0.4, 0.5) is 10.5 Å². The SMILES string of the molecule is C#CCCCCNC(=O)Nc1cccc(C)c1C(=O)O. The largest absolute Gasteiger partial charge is 0.478 e. The lowest BCUT2D eigenvalue weighted by Crippen LogP contribution is -2.30. The quantitative estimate of drug-likeness (QED) is 0.551. The van der Waals surface area contributed by atoms with E-state index in [1.54, 1.807) is 25.1 Å². The Morgan fingerprint density at radius 2 is 2.10 bits per heavy atom. The number of benzene rings is 1. The number of carbonyl (C=O) groups is 2. The Balaban J connectivity index is 2.56. The number of unbranched alkanes of at least 4 members (excludes halogenated alkanes) is 2. The van der Waals surface area contributed by atoms with E-state index >= 15 is 0 Å². The fourth-order valence-electron chi connectivity index (χ4n) is 1.78. The second-order valence-electron chi connectivity index (χ2n) is 4.34. The second kappa shape index (κ2) is 7.85. The van der Waals surface area contributed by atoms with Crippen molar-refractivity contribution in [2.45, 2.75) is 26.2 Å². The normalized spacial score (nSPS) is 9.60. The Morgan fingerprint density at radius 3 is 2.75 bits per heavy atom. The molecule has 20 heavy (non-hydrogen) atoms. The average Bonchev–Trinajstić information content (AvgIpc) is 2.38. The van der Waals surface area contributed by atoms with Crippen molar-refractivity contribution in [2.24, 2.45) is 0 Å². The number of aryl methyl sites for hydroxylation is 1. The first-order chi connectivity index (χ1) is 9.56. The van der Waals surface area contributed by atoms with Crippen molar-refractivity contribution in [2.75, 3.05) is 11.9 Å². The summed E-state index contributed by atoms with van der Waals surface area (Å²) in [5.74, 6) is 1.47. The van der Waals surface area contributed by atoms with Crippen LogP contribution in [0, 0.1) is 19.3 Å². The van der Waals surface area contributed by atoms with Crippen molar-refractivity contribution < 1.29 is 14.7 Å². The summed E-state index contributed by atoms with van der Waals surface area (Å²) in [5.41, 5.74) is 0.998. The highest BCUT2D eigenvalue weighted by atomic mass is 16.4. The molecule has 0 saturated carbocycles. The third kappa shape index (κ3) is 4.65. The van der Waals surface area contributed by atoms with E-state index in [2.05, 4.69) is 16.6 Å². The molecule has 0 unspecified atom stereocenters. The van der Waals surface area contributed by atoms with Gasteiger partial charge in [0.25, 0.3) is 0 Å². The first kappa shape index (κ1) is 15.6. The van der Waals surface area contributed by atoms with E-state index in [4.69, 9.17) is 11.5 Å². The molecule has 1 rings (SSSR count). The highest BCUT2D eigenvalue weighted by molar-refractivity contribution is 6.01. The lowest BCUT2D eigenvalue weighted by Gasteiger charge is -2.11. The van der Waals surface area contributed by atoms with Crippen molar-refractivity contribution in [3.8, 4) is 12.3 Å². The maximum Gasteiger partial charge on any atom is 0.338 e. The second-order valence-corrected chi connectivity index (χ2v) is 4.34.